The summed E-state index contributed by atoms with van der Waals surface area (Å²) in [5, 5.41) is 12.8. The average Bonchev–Trinajstić information content (AvgIpc) is 3.19. The standard InChI is InChI=1S/C15H11N3OS2/c19-14(17-15-18-16-10-21-15)13(9-12-7-4-8-20-12)11-5-2-1-3-6-11/h1-10H,(H,17,18,19). The predicted octanol–water partition coefficient (Wildman–Crippen LogP) is 3.78. The molecule has 0 saturated heterocycles. The largest absolute Gasteiger partial charge is 0.296 e. The molecule has 3 rings (SSSR count). The fraction of sp³-hybridized carbons (Fsp3) is 0. The molecule has 21 heavy (non-hydrogen) atoms. The number of aromatic nitrogens is 2. The van der Waals surface area contributed by atoms with Gasteiger partial charge in [-0.1, -0.05) is 47.7 Å². The Morgan fingerprint density at radius 2 is 1.95 bits per heavy atom. The normalized spacial score (nSPS) is 11.3. The fourth-order valence-electron chi connectivity index (χ4n) is 1.81. The number of anilines is 1. The Bertz CT molecular complexity index is 735. The minimum atomic E-state index is -0.189. The second kappa shape index (κ2) is 6.43. The van der Waals surface area contributed by atoms with Crippen LogP contribution in [-0.4, -0.2) is 16.1 Å². The zero-order valence-electron chi connectivity index (χ0n) is 10.9. The Morgan fingerprint density at radius 1 is 1.10 bits per heavy atom. The number of rotatable bonds is 4. The molecular formula is C15H11N3OS2. The summed E-state index contributed by atoms with van der Waals surface area (Å²) in [4.78, 5) is 13.5. The Morgan fingerprint density at radius 3 is 2.62 bits per heavy atom. The van der Waals surface area contributed by atoms with E-state index in [0.717, 1.165) is 10.4 Å². The van der Waals surface area contributed by atoms with Crippen molar-refractivity contribution in [2.75, 3.05) is 5.32 Å². The SMILES string of the molecule is O=C(Nc1nncs1)C(=Cc1cccs1)c1ccccc1. The van der Waals surface area contributed by atoms with E-state index in [4.69, 9.17) is 0 Å². The Kier molecular flexibility index (Phi) is 4.18. The number of carbonyl (C=O) groups is 1. The summed E-state index contributed by atoms with van der Waals surface area (Å²) < 4.78 is 0. The van der Waals surface area contributed by atoms with Crippen LogP contribution >= 0.6 is 22.7 Å². The maximum atomic E-state index is 12.5. The summed E-state index contributed by atoms with van der Waals surface area (Å²) in [6.45, 7) is 0. The van der Waals surface area contributed by atoms with Crippen LogP contribution in [0.2, 0.25) is 0 Å². The van der Waals surface area contributed by atoms with Crippen LogP contribution in [0.4, 0.5) is 5.13 Å². The molecule has 0 aliphatic heterocycles. The van der Waals surface area contributed by atoms with E-state index in [9.17, 15) is 4.79 Å². The van der Waals surface area contributed by atoms with Gasteiger partial charge in [0.2, 0.25) is 5.13 Å². The van der Waals surface area contributed by atoms with Crippen LogP contribution in [0.15, 0.2) is 53.4 Å². The summed E-state index contributed by atoms with van der Waals surface area (Å²) in [6, 6.07) is 13.5. The van der Waals surface area contributed by atoms with E-state index in [1.165, 1.54) is 11.3 Å². The van der Waals surface area contributed by atoms with Crippen LogP contribution in [0, 0.1) is 0 Å². The molecule has 0 atom stereocenters. The topological polar surface area (TPSA) is 54.9 Å². The minimum absolute atomic E-state index is 0.189. The fourth-order valence-corrected chi connectivity index (χ4v) is 2.90. The quantitative estimate of drug-likeness (QED) is 0.746. The van der Waals surface area contributed by atoms with Gasteiger partial charge >= 0.3 is 0 Å². The van der Waals surface area contributed by atoms with Crippen molar-refractivity contribution < 1.29 is 4.79 Å². The molecule has 0 aliphatic carbocycles. The van der Waals surface area contributed by atoms with Gasteiger partial charge in [-0.15, -0.1) is 21.5 Å². The van der Waals surface area contributed by atoms with Crippen LogP contribution in [-0.2, 0) is 4.79 Å². The molecule has 1 N–H and O–H groups in total. The maximum Gasteiger partial charge on any atom is 0.258 e. The van der Waals surface area contributed by atoms with Crippen LogP contribution in [0.25, 0.3) is 11.6 Å². The minimum Gasteiger partial charge on any atom is -0.296 e. The third-order valence-corrected chi connectivity index (χ3v) is 4.17. The number of nitrogens with one attached hydrogen (secondary N) is 1. The van der Waals surface area contributed by atoms with Gasteiger partial charge in [0.1, 0.15) is 5.51 Å². The molecule has 0 aliphatic rings. The van der Waals surface area contributed by atoms with Gasteiger partial charge in [0, 0.05) is 10.5 Å². The Labute approximate surface area is 129 Å². The van der Waals surface area contributed by atoms with E-state index in [-0.39, 0.29) is 5.91 Å². The second-order valence-corrected chi connectivity index (χ2v) is 5.95. The summed E-state index contributed by atoms with van der Waals surface area (Å²) in [7, 11) is 0. The van der Waals surface area contributed by atoms with E-state index in [2.05, 4.69) is 15.5 Å². The lowest BCUT2D eigenvalue weighted by Gasteiger charge is -2.07. The molecule has 0 saturated carbocycles. The van der Waals surface area contributed by atoms with Crippen LogP contribution in [0.1, 0.15) is 10.4 Å². The first-order chi connectivity index (χ1) is 10.3. The first-order valence-electron chi connectivity index (χ1n) is 6.21. The van der Waals surface area contributed by atoms with E-state index in [0.29, 0.717) is 10.7 Å². The summed E-state index contributed by atoms with van der Waals surface area (Å²) in [5.74, 6) is -0.189. The molecule has 0 bridgehead atoms. The number of carbonyl (C=O) groups excluding carboxylic acids is 1. The summed E-state index contributed by atoms with van der Waals surface area (Å²) in [6.07, 6.45) is 1.89. The van der Waals surface area contributed by atoms with E-state index >= 15 is 0 Å². The van der Waals surface area contributed by atoms with Gasteiger partial charge in [-0.05, 0) is 23.1 Å². The Hall–Kier alpha value is -2.31. The van der Waals surface area contributed by atoms with Crippen molar-refractivity contribution in [3.8, 4) is 0 Å². The molecule has 2 heterocycles. The molecule has 0 unspecified atom stereocenters. The highest BCUT2D eigenvalue weighted by Crippen LogP contribution is 2.23. The highest BCUT2D eigenvalue weighted by Gasteiger charge is 2.13. The maximum absolute atomic E-state index is 12.5. The van der Waals surface area contributed by atoms with Crippen LogP contribution in [0.5, 0.6) is 0 Å². The van der Waals surface area contributed by atoms with Crippen LogP contribution in [0.3, 0.4) is 0 Å². The number of benzene rings is 1. The molecule has 1 amide bonds. The lowest BCUT2D eigenvalue weighted by Crippen LogP contribution is -2.13. The molecule has 4 nitrogen and oxygen atoms in total. The zero-order valence-corrected chi connectivity index (χ0v) is 12.5. The van der Waals surface area contributed by atoms with Gasteiger partial charge in [0.25, 0.3) is 5.91 Å². The smallest absolute Gasteiger partial charge is 0.258 e. The number of hydrogen-bond acceptors (Lipinski definition) is 5. The first kappa shape index (κ1) is 13.7. The van der Waals surface area contributed by atoms with Crippen molar-refractivity contribution in [3.05, 3.63) is 63.8 Å². The lowest BCUT2D eigenvalue weighted by molar-refractivity contribution is -0.111. The monoisotopic (exact) mass is 313 g/mol. The molecule has 0 spiro atoms. The lowest BCUT2D eigenvalue weighted by atomic mass is 10.0. The molecule has 2 aromatic heterocycles. The van der Waals surface area contributed by atoms with Crippen molar-refractivity contribution in [3.63, 3.8) is 0 Å². The molecule has 1 aromatic carbocycles. The number of hydrogen-bond donors (Lipinski definition) is 1. The first-order valence-corrected chi connectivity index (χ1v) is 7.97. The van der Waals surface area contributed by atoms with Crippen molar-refractivity contribution >= 4 is 45.4 Å². The summed E-state index contributed by atoms with van der Waals surface area (Å²) >= 11 is 2.88. The van der Waals surface area contributed by atoms with Crippen LogP contribution < -0.4 is 5.32 Å². The molecule has 6 heteroatoms. The molecule has 0 radical (unpaired) electrons. The van der Waals surface area contributed by atoms with Gasteiger partial charge in [-0.25, -0.2) is 0 Å². The zero-order chi connectivity index (χ0) is 14.5. The number of amides is 1. The van der Waals surface area contributed by atoms with Crippen molar-refractivity contribution in [1.29, 1.82) is 0 Å². The third-order valence-electron chi connectivity index (χ3n) is 2.74. The Balaban J connectivity index is 1.94. The second-order valence-electron chi connectivity index (χ2n) is 4.14. The average molecular weight is 313 g/mol. The number of nitrogens with zero attached hydrogens (tertiary/aromatic N) is 2. The molecule has 0 fully saturated rings. The van der Waals surface area contributed by atoms with Crippen molar-refractivity contribution in [2.24, 2.45) is 0 Å². The van der Waals surface area contributed by atoms with E-state index in [1.54, 1.807) is 16.8 Å². The highest BCUT2D eigenvalue weighted by atomic mass is 32.1. The number of thiophene rings is 1. The van der Waals surface area contributed by atoms with Gasteiger partial charge < -0.3 is 0 Å². The highest BCUT2D eigenvalue weighted by molar-refractivity contribution is 7.13. The summed E-state index contributed by atoms with van der Waals surface area (Å²) in [5.41, 5.74) is 3.06. The predicted molar refractivity (Wildman–Crippen MR) is 87.2 cm³/mol. The van der Waals surface area contributed by atoms with E-state index < -0.39 is 0 Å². The van der Waals surface area contributed by atoms with Crippen molar-refractivity contribution in [2.45, 2.75) is 0 Å². The van der Waals surface area contributed by atoms with Crippen molar-refractivity contribution in [1.82, 2.24) is 10.2 Å². The van der Waals surface area contributed by atoms with Gasteiger partial charge in [0.05, 0.1) is 0 Å². The molecule has 3 aromatic rings. The molecular weight excluding hydrogens is 302 g/mol. The third kappa shape index (κ3) is 3.42. The van der Waals surface area contributed by atoms with Gasteiger partial charge in [-0.3, -0.25) is 10.1 Å². The van der Waals surface area contributed by atoms with Gasteiger partial charge in [0.15, 0.2) is 0 Å². The van der Waals surface area contributed by atoms with Gasteiger partial charge in [-0.2, -0.15) is 0 Å². The van der Waals surface area contributed by atoms with E-state index in [1.807, 2.05) is 53.9 Å². The molecule has 104 valence electrons.